The molecule has 1 atom stereocenters. The van der Waals surface area contributed by atoms with Crippen LogP contribution in [0.5, 0.6) is 0 Å². The minimum Gasteiger partial charge on any atom is -0.330 e. The van der Waals surface area contributed by atoms with Gasteiger partial charge in [-0.15, -0.1) is 0 Å². The first-order valence-electron chi connectivity index (χ1n) is 9.60. The lowest BCUT2D eigenvalue weighted by atomic mass is 10.0. The highest BCUT2D eigenvalue weighted by molar-refractivity contribution is 5.62. The lowest BCUT2D eigenvalue weighted by Gasteiger charge is -2.19. The quantitative estimate of drug-likeness (QED) is 0.608. The van der Waals surface area contributed by atoms with Gasteiger partial charge in [0.15, 0.2) is 0 Å². The zero-order valence-electron chi connectivity index (χ0n) is 15.9. The van der Waals surface area contributed by atoms with E-state index in [4.69, 9.17) is 5.73 Å². The monoisotopic (exact) mass is 360 g/mol. The number of nitrogens with zero attached hydrogens (tertiary/aromatic N) is 2. The van der Waals surface area contributed by atoms with Gasteiger partial charge in [-0.05, 0) is 49.6 Å². The van der Waals surface area contributed by atoms with Gasteiger partial charge in [0.1, 0.15) is 0 Å². The van der Waals surface area contributed by atoms with Gasteiger partial charge in [-0.25, -0.2) is 0 Å². The standard InChI is InChI=1S/C23H28N4/c1-18-7-6-14-25-23(18)15-21(10-5-13-24)27-17-22-12-11-20(16-26-22)19-8-3-2-4-9-19/h2-4,6-9,11-12,14,16,21,27H,5,10,13,15,17,24H2,1H3. The van der Waals surface area contributed by atoms with Crippen molar-refractivity contribution in [2.45, 2.75) is 38.8 Å². The van der Waals surface area contributed by atoms with Crippen molar-refractivity contribution in [3.63, 3.8) is 0 Å². The summed E-state index contributed by atoms with van der Waals surface area (Å²) >= 11 is 0. The number of aryl methyl sites for hydroxylation is 1. The normalized spacial score (nSPS) is 12.1. The van der Waals surface area contributed by atoms with E-state index in [1.165, 1.54) is 11.1 Å². The molecule has 1 unspecified atom stereocenters. The third kappa shape index (κ3) is 5.71. The first-order chi connectivity index (χ1) is 13.3. The third-order valence-electron chi connectivity index (χ3n) is 4.82. The predicted molar refractivity (Wildman–Crippen MR) is 111 cm³/mol. The van der Waals surface area contributed by atoms with Crippen LogP contribution >= 0.6 is 0 Å². The Hall–Kier alpha value is -2.56. The van der Waals surface area contributed by atoms with Crippen LogP contribution in [0.3, 0.4) is 0 Å². The number of benzene rings is 1. The highest BCUT2D eigenvalue weighted by Gasteiger charge is 2.12. The summed E-state index contributed by atoms with van der Waals surface area (Å²) in [6, 6.07) is 19.0. The molecule has 3 aromatic rings. The van der Waals surface area contributed by atoms with Gasteiger partial charge in [-0.3, -0.25) is 9.97 Å². The fourth-order valence-electron chi connectivity index (χ4n) is 3.19. The van der Waals surface area contributed by atoms with Crippen LogP contribution in [0.2, 0.25) is 0 Å². The molecule has 0 aliphatic heterocycles. The first-order valence-corrected chi connectivity index (χ1v) is 9.60. The molecule has 4 nitrogen and oxygen atoms in total. The smallest absolute Gasteiger partial charge is 0.0542 e. The number of rotatable bonds is 9. The van der Waals surface area contributed by atoms with Crippen molar-refractivity contribution >= 4 is 0 Å². The Bertz CT molecular complexity index is 815. The molecule has 0 aliphatic carbocycles. The number of hydrogen-bond donors (Lipinski definition) is 2. The molecule has 0 spiro atoms. The van der Waals surface area contributed by atoms with Crippen LogP contribution in [0.4, 0.5) is 0 Å². The molecule has 0 aliphatic rings. The Balaban J connectivity index is 1.62. The van der Waals surface area contributed by atoms with E-state index < -0.39 is 0 Å². The Morgan fingerprint density at radius 3 is 2.52 bits per heavy atom. The summed E-state index contributed by atoms with van der Waals surface area (Å²) < 4.78 is 0. The lowest BCUT2D eigenvalue weighted by molar-refractivity contribution is 0.458. The van der Waals surface area contributed by atoms with Crippen LogP contribution in [-0.2, 0) is 13.0 Å². The highest BCUT2D eigenvalue weighted by atomic mass is 14.9. The Morgan fingerprint density at radius 2 is 1.81 bits per heavy atom. The van der Waals surface area contributed by atoms with Crippen LogP contribution in [0.15, 0.2) is 67.0 Å². The highest BCUT2D eigenvalue weighted by Crippen LogP contribution is 2.18. The van der Waals surface area contributed by atoms with E-state index >= 15 is 0 Å². The van der Waals surface area contributed by atoms with Crippen molar-refractivity contribution in [2.75, 3.05) is 6.54 Å². The zero-order chi connectivity index (χ0) is 18.9. The molecule has 0 fully saturated rings. The van der Waals surface area contributed by atoms with Gasteiger partial charge in [0.25, 0.3) is 0 Å². The molecule has 2 aromatic heterocycles. The summed E-state index contributed by atoms with van der Waals surface area (Å²) in [5.41, 5.74) is 11.5. The van der Waals surface area contributed by atoms with Gasteiger partial charge in [0, 0.05) is 42.7 Å². The van der Waals surface area contributed by atoms with E-state index in [0.717, 1.165) is 42.8 Å². The lowest BCUT2D eigenvalue weighted by Crippen LogP contribution is -2.32. The summed E-state index contributed by atoms with van der Waals surface area (Å²) in [6.45, 7) is 3.58. The van der Waals surface area contributed by atoms with Crippen molar-refractivity contribution in [1.29, 1.82) is 0 Å². The second kappa shape index (κ2) is 9.95. The summed E-state index contributed by atoms with van der Waals surface area (Å²) in [5.74, 6) is 0. The minimum atomic E-state index is 0.345. The molecule has 2 heterocycles. The SMILES string of the molecule is Cc1cccnc1CC(CCCN)NCc1ccc(-c2ccccc2)cn1. The van der Waals surface area contributed by atoms with E-state index in [0.29, 0.717) is 12.6 Å². The van der Waals surface area contributed by atoms with Crippen LogP contribution in [0.1, 0.15) is 29.8 Å². The van der Waals surface area contributed by atoms with Crippen LogP contribution in [0, 0.1) is 6.92 Å². The van der Waals surface area contributed by atoms with Crippen LogP contribution < -0.4 is 11.1 Å². The third-order valence-corrected chi connectivity index (χ3v) is 4.82. The van der Waals surface area contributed by atoms with Crippen molar-refractivity contribution in [3.05, 3.63) is 83.9 Å². The van der Waals surface area contributed by atoms with Crippen molar-refractivity contribution in [2.24, 2.45) is 5.73 Å². The molecule has 0 amide bonds. The van der Waals surface area contributed by atoms with Gasteiger partial charge in [0.05, 0.1) is 5.69 Å². The van der Waals surface area contributed by atoms with Gasteiger partial charge >= 0.3 is 0 Å². The maximum absolute atomic E-state index is 5.72. The molecule has 0 radical (unpaired) electrons. The van der Waals surface area contributed by atoms with E-state index in [1.54, 1.807) is 0 Å². The van der Waals surface area contributed by atoms with Crippen molar-refractivity contribution in [3.8, 4) is 11.1 Å². The van der Waals surface area contributed by atoms with Crippen molar-refractivity contribution in [1.82, 2.24) is 15.3 Å². The van der Waals surface area contributed by atoms with Crippen LogP contribution in [-0.4, -0.2) is 22.6 Å². The number of aromatic nitrogens is 2. The molecule has 0 bridgehead atoms. The number of hydrogen-bond acceptors (Lipinski definition) is 4. The Labute approximate surface area is 161 Å². The molecule has 3 rings (SSSR count). The Kier molecular flexibility index (Phi) is 7.08. The minimum absolute atomic E-state index is 0.345. The topological polar surface area (TPSA) is 63.8 Å². The summed E-state index contributed by atoms with van der Waals surface area (Å²) in [7, 11) is 0. The van der Waals surface area contributed by atoms with Gasteiger partial charge in [-0.1, -0.05) is 42.5 Å². The number of nitrogens with two attached hydrogens (primary N) is 1. The fraction of sp³-hybridized carbons (Fsp3) is 0.304. The molecule has 3 N–H and O–H groups in total. The van der Waals surface area contributed by atoms with Gasteiger partial charge < -0.3 is 11.1 Å². The summed E-state index contributed by atoms with van der Waals surface area (Å²) in [6.07, 6.45) is 6.77. The zero-order valence-corrected chi connectivity index (χ0v) is 15.9. The van der Waals surface area contributed by atoms with E-state index in [9.17, 15) is 0 Å². The summed E-state index contributed by atoms with van der Waals surface area (Å²) in [4.78, 5) is 9.17. The predicted octanol–water partition coefficient (Wildman–Crippen LogP) is 3.89. The number of nitrogens with one attached hydrogen (secondary N) is 1. The molecule has 0 saturated carbocycles. The second-order valence-corrected chi connectivity index (χ2v) is 6.88. The molecular weight excluding hydrogens is 332 g/mol. The first kappa shape index (κ1) is 19.2. The Morgan fingerprint density at radius 1 is 0.963 bits per heavy atom. The average molecular weight is 361 g/mol. The van der Waals surface area contributed by atoms with Crippen molar-refractivity contribution < 1.29 is 0 Å². The average Bonchev–Trinajstić information content (AvgIpc) is 2.72. The molecule has 4 heteroatoms. The maximum atomic E-state index is 5.72. The molecule has 1 aromatic carbocycles. The molecule has 140 valence electrons. The summed E-state index contributed by atoms with van der Waals surface area (Å²) in [5, 5.41) is 3.65. The fourth-order valence-corrected chi connectivity index (χ4v) is 3.19. The van der Waals surface area contributed by atoms with Crippen LogP contribution in [0.25, 0.3) is 11.1 Å². The second-order valence-electron chi connectivity index (χ2n) is 6.88. The van der Waals surface area contributed by atoms with Gasteiger partial charge in [0.2, 0.25) is 0 Å². The molecule has 27 heavy (non-hydrogen) atoms. The van der Waals surface area contributed by atoms with E-state index in [2.05, 4.69) is 52.5 Å². The molecular formula is C23H28N4. The van der Waals surface area contributed by atoms with Gasteiger partial charge in [-0.2, -0.15) is 0 Å². The number of pyridine rings is 2. The maximum Gasteiger partial charge on any atom is 0.0542 e. The molecule has 0 saturated heterocycles. The van der Waals surface area contributed by atoms with E-state index in [1.807, 2.05) is 36.7 Å². The largest absolute Gasteiger partial charge is 0.330 e. The van der Waals surface area contributed by atoms with E-state index in [-0.39, 0.29) is 0 Å².